The molecular formula is C27H23BO. The van der Waals surface area contributed by atoms with Gasteiger partial charge in [0.05, 0.1) is 0 Å². The van der Waals surface area contributed by atoms with E-state index >= 15 is 0 Å². The molecule has 0 saturated carbocycles. The van der Waals surface area contributed by atoms with Gasteiger partial charge in [-0.05, 0) is 64.4 Å². The highest BCUT2D eigenvalue weighted by atomic mass is 16.5. The molecule has 0 amide bonds. The molecule has 0 unspecified atom stereocenters. The van der Waals surface area contributed by atoms with E-state index < -0.39 is 0 Å². The van der Waals surface area contributed by atoms with Gasteiger partial charge in [0.15, 0.2) is 0 Å². The lowest BCUT2D eigenvalue weighted by Gasteiger charge is -2.43. The first-order valence-corrected chi connectivity index (χ1v) is 10.4. The van der Waals surface area contributed by atoms with Crippen LogP contribution in [0.4, 0.5) is 0 Å². The summed E-state index contributed by atoms with van der Waals surface area (Å²) in [5.41, 5.74) is 9.50. The first-order valence-electron chi connectivity index (χ1n) is 10.4. The largest absolute Gasteiger partial charge is 0.458 e. The lowest BCUT2D eigenvalue weighted by molar-refractivity contribution is 0.484. The predicted molar refractivity (Wildman–Crippen MR) is 123 cm³/mol. The van der Waals surface area contributed by atoms with Gasteiger partial charge in [0.25, 0.3) is 6.71 Å². The Morgan fingerprint density at radius 3 is 2.45 bits per heavy atom. The van der Waals surface area contributed by atoms with Crippen LogP contribution in [0.3, 0.4) is 0 Å². The fourth-order valence-electron chi connectivity index (χ4n) is 5.76. The third-order valence-electron chi connectivity index (χ3n) is 6.96. The van der Waals surface area contributed by atoms with E-state index in [4.69, 9.17) is 4.74 Å². The van der Waals surface area contributed by atoms with E-state index in [1.165, 1.54) is 49.4 Å². The maximum Gasteiger partial charge on any atom is 0.252 e. The van der Waals surface area contributed by atoms with Crippen molar-refractivity contribution in [3.05, 3.63) is 89.0 Å². The number of aryl methyl sites for hydroxylation is 2. The van der Waals surface area contributed by atoms with Crippen LogP contribution in [0.5, 0.6) is 11.5 Å². The maximum atomic E-state index is 6.45. The highest BCUT2D eigenvalue weighted by Gasteiger charge is 2.46. The van der Waals surface area contributed by atoms with Gasteiger partial charge in [0.2, 0.25) is 0 Å². The first kappa shape index (κ1) is 16.9. The minimum Gasteiger partial charge on any atom is -0.458 e. The highest BCUT2D eigenvalue weighted by molar-refractivity contribution is 6.99. The van der Waals surface area contributed by atoms with E-state index in [1.807, 2.05) is 0 Å². The fourth-order valence-corrected chi connectivity index (χ4v) is 5.76. The summed E-state index contributed by atoms with van der Waals surface area (Å²) >= 11 is 0. The second-order valence-corrected chi connectivity index (χ2v) is 9.12. The van der Waals surface area contributed by atoms with E-state index in [2.05, 4.69) is 94.4 Å². The van der Waals surface area contributed by atoms with Crippen LogP contribution in [0.1, 0.15) is 36.1 Å². The summed E-state index contributed by atoms with van der Waals surface area (Å²) in [6.07, 6.45) is 0. The Hall–Kier alpha value is -3.00. The summed E-state index contributed by atoms with van der Waals surface area (Å²) in [4.78, 5) is 0. The molecule has 0 radical (unpaired) electrons. The molecule has 0 fully saturated rings. The van der Waals surface area contributed by atoms with Gasteiger partial charge < -0.3 is 4.74 Å². The Kier molecular flexibility index (Phi) is 3.23. The predicted octanol–water partition coefficient (Wildman–Crippen LogP) is 4.72. The fraction of sp³-hybridized carbons (Fsp3) is 0.185. The molecule has 4 aromatic carbocycles. The number of hydrogen-bond donors (Lipinski definition) is 0. The van der Waals surface area contributed by atoms with Gasteiger partial charge in [0, 0.05) is 5.41 Å². The quantitative estimate of drug-likeness (QED) is 0.357. The van der Waals surface area contributed by atoms with Gasteiger partial charge in [-0.25, -0.2) is 0 Å². The normalized spacial score (nSPS) is 15.4. The Balaban J connectivity index is 1.83. The summed E-state index contributed by atoms with van der Waals surface area (Å²) in [6, 6.07) is 24.4. The number of hydrogen-bond acceptors (Lipinski definition) is 1. The number of ether oxygens (including phenoxy) is 1. The van der Waals surface area contributed by atoms with Crippen molar-refractivity contribution in [2.45, 2.75) is 33.1 Å². The van der Waals surface area contributed by atoms with E-state index in [0.29, 0.717) is 0 Å². The molecule has 2 heteroatoms. The van der Waals surface area contributed by atoms with Gasteiger partial charge >= 0.3 is 0 Å². The molecule has 0 atom stereocenters. The molecule has 0 aromatic heterocycles. The average Bonchev–Trinajstić information content (AvgIpc) is 2.71. The molecule has 0 aliphatic carbocycles. The minimum absolute atomic E-state index is 0.0734. The second-order valence-electron chi connectivity index (χ2n) is 9.12. The van der Waals surface area contributed by atoms with Crippen molar-refractivity contribution in [3.8, 4) is 11.5 Å². The lowest BCUT2D eigenvalue weighted by Crippen LogP contribution is -2.63. The van der Waals surface area contributed by atoms with Crippen LogP contribution in [0.2, 0.25) is 0 Å². The molecule has 6 rings (SSSR count). The Bertz CT molecular complexity index is 1330. The summed E-state index contributed by atoms with van der Waals surface area (Å²) < 4.78 is 6.45. The maximum absolute atomic E-state index is 6.45. The van der Waals surface area contributed by atoms with Gasteiger partial charge in [-0.3, -0.25) is 0 Å². The van der Waals surface area contributed by atoms with Gasteiger partial charge in [0.1, 0.15) is 11.5 Å². The highest BCUT2D eigenvalue weighted by Crippen LogP contribution is 2.41. The summed E-state index contributed by atoms with van der Waals surface area (Å²) in [5, 5.41) is 2.66. The Labute approximate surface area is 172 Å². The van der Waals surface area contributed by atoms with Crippen LogP contribution in [0.15, 0.2) is 66.7 Å². The van der Waals surface area contributed by atoms with Crippen LogP contribution < -0.4 is 21.1 Å². The standard InChI is InChI=1S/C27H23BO/c1-16-9-13-22-21(15-16)28-25-19-8-6-5-7-18(19)11-12-20(25)27(3,4)24-17(2)10-14-23(29-22)26(24)28/h5-15H,1-4H3. The smallest absolute Gasteiger partial charge is 0.252 e. The Morgan fingerprint density at radius 1 is 0.793 bits per heavy atom. The van der Waals surface area contributed by atoms with Crippen molar-refractivity contribution >= 4 is 33.9 Å². The first-order chi connectivity index (χ1) is 14.0. The zero-order valence-corrected chi connectivity index (χ0v) is 17.3. The van der Waals surface area contributed by atoms with Gasteiger partial charge in [-0.15, -0.1) is 0 Å². The molecule has 0 bridgehead atoms. The van der Waals surface area contributed by atoms with Crippen molar-refractivity contribution in [3.63, 3.8) is 0 Å². The molecule has 29 heavy (non-hydrogen) atoms. The summed E-state index contributed by atoms with van der Waals surface area (Å²) in [7, 11) is 0. The van der Waals surface area contributed by atoms with Crippen molar-refractivity contribution in [1.82, 2.24) is 0 Å². The average molecular weight is 374 g/mol. The molecule has 1 nitrogen and oxygen atoms in total. The second kappa shape index (κ2) is 5.54. The third-order valence-corrected chi connectivity index (χ3v) is 6.96. The van der Waals surface area contributed by atoms with E-state index in [9.17, 15) is 0 Å². The van der Waals surface area contributed by atoms with Gasteiger partial charge in [-0.2, -0.15) is 0 Å². The third kappa shape index (κ3) is 2.12. The Morgan fingerprint density at radius 2 is 1.59 bits per heavy atom. The number of rotatable bonds is 0. The number of benzene rings is 4. The molecular weight excluding hydrogens is 351 g/mol. The molecule has 2 aliphatic rings. The van der Waals surface area contributed by atoms with Crippen molar-refractivity contribution in [1.29, 1.82) is 0 Å². The van der Waals surface area contributed by atoms with Gasteiger partial charge in [-0.1, -0.05) is 79.5 Å². The molecule has 0 N–H and O–H groups in total. The topological polar surface area (TPSA) is 9.23 Å². The van der Waals surface area contributed by atoms with Crippen molar-refractivity contribution in [2.24, 2.45) is 0 Å². The molecule has 2 heterocycles. The SMILES string of the molecule is Cc1ccc2c(c1)B1c3c(ccc(C)c3C(C)(C)c3ccc4ccccc4c31)O2. The molecule has 0 saturated heterocycles. The zero-order valence-electron chi connectivity index (χ0n) is 17.3. The molecule has 2 aliphatic heterocycles. The van der Waals surface area contributed by atoms with Crippen molar-refractivity contribution in [2.75, 3.05) is 0 Å². The summed E-state index contributed by atoms with van der Waals surface area (Å²) in [6.45, 7) is 9.35. The molecule has 0 spiro atoms. The molecule has 140 valence electrons. The lowest BCUT2D eigenvalue weighted by atomic mass is 9.30. The van der Waals surface area contributed by atoms with Crippen LogP contribution in [-0.2, 0) is 5.41 Å². The zero-order chi connectivity index (χ0) is 19.9. The van der Waals surface area contributed by atoms with Crippen molar-refractivity contribution < 1.29 is 4.74 Å². The van der Waals surface area contributed by atoms with E-state index in [1.54, 1.807) is 0 Å². The minimum atomic E-state index is -0.0734. The number of fused-ring (bicyclic) bond motifs is 6. The van der Waals surface area contributed by atoms with Crippen LogP contribution >= 0.6 is 0 Å². The van der Waals surface area contributed by atoms with E-state index in [-0.39, 0.29) is 12.1 Å². The summed E-state index contributed by atoms with van der Waals surface area (Å²) in [5.74, 6) is 2.00. The molecule has 4 aromatic rings. The van der Waals surface area contributed by atoms with Crippen LogP contribution in [-0.4, -0.2) is 6.71 Å². The van der Waals surface area contributed by atoms with Crippen LogP contribution in [0.25, 0.3) is 10.8 Å². The van der Waals surface area contributed by atoms with E-state index in [0.717, 1.165) is 11.5 Å². The van der Waals surface area contributed by atoms with Crippen LogP contribution in [0, 0.1) is 13.8 Å². The monoisotopic (exact) mass is 374 g/mol.